The van der Waals surface area contributed by atoms with Crippen molar-refractivity contribution in [3.05, 3.63) is 41.3 Å². The summed E-state index contributed by atoms with van der Waals surface area (Å²) < 4.78 is 5.48. The quantitative estimate of drug-likeness (QED) is 0.627. The molecular formula is C12H7NO3. The third-order valence-electron chi connectivity index (χ3n) is 2.58. The molecule has 1 aromatic heterocycles. The van der Waals surface area contributed by atoms with Crippen LogP contribution in [0.5, 0.6) is 5.75 Å². The molecule has 3 rings (SSSR count). The molecule has 0 saturated carbocycles. The molecule has 4 heteroatoms. The van der Waals surface area contributed by atoms with Gasteiger partial charge in [0, 0.05) is 5.39 Å². The number of para-hydroxylation sites is 1. The van der Waals surface area contributed by atoms with Gasteiger partial charge in [0.1, 0.15) is 11.3 Å². The van der Waals surface area contributed by atoms with Gasteiger partial charge in [-0.15, -0.1) is 4.91 Å². The highest BCUT2D eigenvalue weighted by atomic mass is 16.4. The molecule has 0 radical (unpaired) electrons. The van der Waals surface area contributed by atoms with Gasteiger partial charge in [0.05, 0.1) is 5.39 Å². The molecular weight excluding hydrogens is 206 g/mol. The van der Waals surface area contributed by atoms with Crippen molar-refractivity contribution < 1.29 is 9.52 Å². The van der Waals surface area contributed by atoms with Gasteiger partial charge in [0.2, 0.25) is 0 Å². The highest BCUT2D eigenvalue weighted by molar-refractivity contribution is 6.12. The molecule has 78 valence electrons. The summed E-state index contributed by atoms with van der Waals surface area (Å²) in [7, 11) is 0. The predicted octanol–water partition coefficient (Wildman–Crippen LogP) is 3.69. The zero-order valence-electron chi connectivity index (χ0n) is 8.18. The molecule has 0 spiro atoms. The average molecular weight is 213 g/mol. The maximum Gasteiger partial charge on any atom is 0.179 e. The Balaban J connectivity index is 2.64. The van der Waals surface area contributed by atoms with Gasteiger partial charge in [-0.25, -0.2) is 0 Å². The number of rotatable bonds is 1. The number of phenolic OH excluding ortho intramolecular Hbond substituents is 1. The largest absolute Gasteiger partial charge is 0.504 e. The Morgan fingerprint density at radius 3 is 2.75 bits per heavy atom. The van der Waals surface area contributed by atoms with Gasteiger partial charge in [-0.3, -0.25) is 0 Å². The molecule has 3 aromatic rings. The monoisotopic (exact) mass is 213 g/mol. The van der Waals surface area contributed by atoms with Crippen molar-refractivity contribution in [2.24, 2.45) is 5.18 Å². The van der Waals surface area contributed by atoms with Gasteiger partial charge in [0.15, 0.2) is 11.3 Å². The minimum absolute atomic E-state index is 0.0126. The van der Waals surface area contributed by atoms with E-state index in [1.54, 1.807) is 6.07 Å². The molecule has 0 saturated heterocycles. The van der Waals surface area contributed by atoms with E-state index in [9.17, 15) is 10.0 Å². The SMILES string of the molecule is O=Nc1ccc(O)c2oc3ccccc3c12. The fourth-order valence-corrected chi connectivity index (χ4v) is 1.87. The molecule has 0 bridgehead atoms. The number of hydrogen-bond acceptors (Lipinski definition) is 4. The molecule has 1 heterocycles. The number of nitroso groups, excluding NO2 is 1. The average Bonchev–Trinajstić information content (AvgIpc) is 2.70. The molecule has 2 aromatic carbocycles. The summed E-state index contributed by atoms with van der Waals surface area (Å²) in [5, 5.41) is 13.9. The van der Waals surface area contributed by atoms with Gasteiger partial charge < -0.3 is 9.52 Å². The van der Waals surface area contributed by atoms with Crippen molar-refractivity contribution >= 4 is 27.6 Å². The first-order valence-electron chi connectivity index (χ1n) is 4.78. The van der Waals surface area contributed by atoms with Crippen LogP contribution in [0.2, 0.25) is 0 Å². The predicted molar refractivity (Wildman–Crippen MR) is 60.8 cm³/mol. The zero-order chi connectivity index (χ0) is 11.1. The molecule has 0 aliphatic rings. The van der Waals surface area contributed by atoms with Crippen molar-refractivity contribution in [3.8, 4) is 5.75 Å². The number of furan rings is 1. The van der Waals surface area contributed by atoms with Crippen LogP contribution in [-0.4, -0.2) is 5.11 Å². The van der Waals surface area contributed by atoms with Crippen LogP contribution in [0, 0.1) is 4.91 Å². The Morgan fingerprint density at radius 1 is 1.12 bits per heavy atom. The number of nitrogens with zero attached hydrogens (tertiary/aromatic N) is 1. The normalized spacial score (nSPS) is 11.0. The van der Waals surface area contributed by atoms with Crippen molar-refractivity contribution in [1.82, 2.24) is 0 Å². The molecule has 0 amide bonds. The second-order valence-corrected chi connectivity index (χ2v) is 3.50. The minimum Gasteiger partial charge on any atom is -0.504 e. The van der Waals surface area contributed by atoms with Crippen LogP contribution in [-0.2, 0) is 0 Å². The summed E-state index contributed by atoms with van der Waals surface area (Å²) in [6.45, 7) is 0. The Labute approximate surface area is 90.1 Å². The lowest BCUT2D eigenvalue weighted by atomic mass is 10.1. The molecule has 1 N–H and O–H groups in total. The van der Waals surface area contributed by atoms with E-state index in [0.717, 1.165) is 5.39 Å². The highest BCUT2D eigenvalue weighted by Crippen LogP contribution is 2.39. The standard InChI is InChI=1S/C12H7NO3/c14-9-6-5-8(13-15)11-7-3-1-2-4-10(7)16-12(9)11/h1-6,14H. The zero-order valence-corrected chi connectivity index (χ0v) is 8.18. The Kier molecular flexibility index (Phi) is 1.71. The second-order valence-electron chi connectivity index (χ2n) is 3.50. The van der Waals surface area contributed by atoms with Crippen molar-refractivity contribution in [3.63, 3.8) is 0 Å². The van der Waals surface area contributed by atoms with E-state index in [0.29, 0.717) is 16.6 Å². The summed E-state index contributed by atoms with van der Waals surface area (Å²) in [6.07, 6.45) is 0. The van der Waals surface area contributed by atoms with Crippen LogP contribution >= 0.6 is 0 Å². The lowest BCUT2D eigenvalue weighted by Crippen LogP contribution is -1.69. The topological polar surface area (TPSA) is 62.8 Å². The third kappa shape index (κ3) is 1.04. The van der Waals surface area contributed by atoms with Crippen LogP contribution < -0.4 is 0 Å². The minimum atomic E-state index is 0.0126. The fourth-order valence-electron chi connectivity index (χ4n) is 1.87. The fraction of sp³-hybridized carbons (Fsp3) is 0. The summed E-state index contributed by atoms with van der Waals surface area (Å²) in [6, 6.07) is 10.2. The van der Waals surface area contributed by atoms with E-state index in [-0.39, 0.29) is 11.4 Å². The van der Waals surface area contributed by atoms with Crippen LogP contribution in [0.4, 0.5) is 5.69 Å². The van der Waals surface area contributed by atoms with E-state index >= 15 is 0 Å². The van der Waals surface area contributed by atoms with Gasteiger partial charge in [-0.1, -0.05) is 18.2 Å². The molecule has 0 fully saturated rings. The number of hydrogen-bond donors (Lipinski definition) is 1. The lowest BCUT2D eigenvalue weighted by Gasteiger charge is -1.94. The number of benzene rings is 2. The van der Waals surface area contributed by atoms with E-state index in [1.807, 2.05) is 18.2 Å². The summed E-state index contributed by atoms with van der Waals surface area (Å²) >= 11 is 0. The summed E-state index contributed by atoms with van der Waals surface area (Å²) in [5.74, 6) is 0.0126. The first-order valence-corrected chi connectivity index (χ1v) is 4.78. The van der Waals surface area contributed by atoms with E-state index < -0.39 is 0 Å². The Hall–Kier alpha value is -2.36. The first kappa shape index (κ1) is 8.91. The molecule has 0 aliphatic heterocycles. The smallest absolute Gasteiger partial charge is 0.179 e. The summed E-state index contributed by atoms with van der Waals surface area (Å²) in [5.41, 5.74) is 1.21. The van der Waals surface area contributed by atoms with Gasteiger partial charge in [-0.05, 0) is 23.4 Å². The van der Waals surface area contributed by atoms with E-state index in [1.165, 1.54) is 12.1 Å². The lowest BCUT2D eigenvalue weighted by molar-refractivity contribution is 0.469. The number of aromatic hydroxyl groups is 1. The molecule has 0 aliphatic carbocycles. The second kappa shape index (κ2) is 3.06. The van der Waals surface area contributed by atoms with Crippen LogP contribution in [0.15, 0.2) is 46.0 Å². The van der Waals surface area contributed by atoms with Crippen molar-refractivity contribution in [2.45, 2.75) is 0 Å². The Morgan fingerprint density at radius 2 is 1.94 bits per heavy atom. The van der Waals surface area contributed by atoms with Gasteiger partial charge in [-0.2, -0.15) is 0 Å². The first-order chi connectivity index (χ1) is 7.81. The molecule has 16 heavy (non-hydrogen) atoms. The maximum absolute atomic E-state index is 10.7. The van der Waals surface area contributed by atoms with E-state index in [4.69, 9.17) is 4.42 Å². The number of fused-ring (bicyclic) bond motifs is 3. The molecule has 0 atom stereocenters. The van der Waals surface area contributed by atoms with Crippen LogP contribution in [0.25, 0.3) is 21.9 Å². The van der Waals surface area contributed by atoms with Crippen LogP contribution in [0.3, 0.4) is 0 Å². The van der Waals surface area contributed by atoms with Crippen LogP contribution in [0.1, 0.15) is 0 Å². The molecule has 0 unspecified atom stereocenters. The molecule has 4 nitrogen and oxygen atoms in total. The highest BCUT2D eigenvalue weighted by Gasteiger charge is 2.14. The maximum atomic E-state index is 10.7. The van der Waals surface area contributed by atoms with Crippen molar-refractivity contribution in [2.75, 3.05) is 0 Å². The van der Waals surface area contributed by atoms with Gasteiger partial charge in [0.25, 0.3) is 0 Å². The van der Waals surface area contributed by atoms with Crippen molar-refractivity contribution in [1.29, 1.82) is 0 Å². The number of phenols is 1. The Bertz CT molecular complexity index is 700. The van der Waals surface area contributed by atoms with Gasteiger partial charge >= 0.3 is 0 Å². The van der Waals surface area contributed by atoms with E-state index in [2.05, 4.69) is 5.18 Å². The third-order valence-corrected chi connectivity index (χ3v) is 2.58. The summed E-state index contributed by atoms with van der Waals surface area (Å²) in [4.78, 5) is 10.7.